The van der Waals surface area contributed by atoms with E-state index in [0.717, 1.165) is 39.3 Å². The number of hydrogen-bond donors (Lipinski definition) is 1. The van der Waals surface area contributed by atoms with Gasteiger partial charge in [0, 0.05) is 23.9 Å². The summed E-state index contributed by atoms with van der Waals surface area (Å²) in [5, 5.41) is 15.5. The molecule has 2 aromatic heterocycles. The number of aromatic nitrogens is 4. The topological polar surface area (TPSA) is 64.3 Å². The van der Waals surface area contributed by atoms with Crippen molar-refractivity contribution >= 4 is 11.3 Å². The third kappa shape index (κ3) is 2.97. The van der Waals surface area contributed by atoms with E-state index in [1.807, 2.05) is 36.5 Å². The highest BCUT2D eigenvalue weighted by atomic mass is 16.5. The summed E-state index contributed by atoms with van der Waals surface area (Å²) < 4.78 is 7.19. The van der Waals surface area contributed by atoms with Crippen LogP contribution in [0.25, 0.3) is 16.8 Å². The van der Waals surface area contributed by atoms with Crippen LogP contribution in [0.2, 0.25) is 0 Å². The minimum atomic E-state index is 0.589. The lowest BCUT2D eigenvalue weighted by Crippen LogP contribution is -2.05. The number of nitrogens with one attached hydrogen (secondary N) is 1. The molecule has 6 heteroatoms. The number of fused-ring (bicyclic) bond motifs is 1. The zero-order valence-corrected chi connectivity index (χ0v) is 14.7. The molecule has 4 aromatic rings. The molecule has 6 nitrogen and oxygen atoms in total. The van der Waals surface area contributed by atoms with Crippen LogP contribution in [-0.4, -0.2) is 27.2 Å². The van der Waals surface area contributed by atoms with Gasteiger partial charge >= 0.3 is 0 Å². The quantitative estimate of drug-likeness (QED) is 0.597. The smallest absolute Gasteiger partial charge is 0.184 e. The Hall–Kier alpha value is -3.41. The Morgan fingerprint density at radius 3 is 2.69 bits per heavy atom. The van der Waals surface area contributed by atoms with Gasteiger partial charge in [-0.2, -0.15) is 4.52 Å². The fourth-order valence-electron chi connectivity index (χ4n) is 3.05. The Morgan fingerprint density at radius 2 is 1.88 bits per heavy atom. The molecule has 0 spiro atoms. The number of rotatable bonds is 5. The van der Waals surface area contributed by atoms with Gasteiger partial charge in [0.25, 0.3) is 0 Å². The minimum absolute atomic E-state index is 0.589. The average molecular weight is 345 g/mol. The summed E-state index contributed by atoms with van der Waals surface area (Å²) in [7, 11) is 1.68. The Labute approximate surface area is 151 Å². The number of pyridine rings is 1. The summed E-state index contributed by atoms with van der Waals surface area (Å²) in [5.74, 6) is 0.819. The van der Waals surface area contributed by atoms with Crippen molar-refractivity contribution in [2.75, 3.05) is 12.4 Å². The zero-order chi connectivity index (χ0) is 17.9. The Kier molecular flexibility index (Phi) is 4.23. The van der Waals surface area contributed by atoms with Crippen molar-refractivity contribution in [1.82, 2.24) is 20.0 Å². The third-order valence-corrected chi connectivity index (χ3v) is 4.39. The van der Waals surface area contributed by atoms with Crippen molar-refractivity contribution < 1.29 is 4.74 Å². The van der Waals surface area contributed by atoms with E-state index in [1.165, 1.54) is 0 Å². The molecule has 0 saturated carbocycles. The van der Waals surface area contributed by atoms with Crippen molar-refractivity contribution in [1.29, 1.82) is 0 Å². The molecule has 0 fully saturated rings. The molecule has 0 amide bonds. The molecule has 2 heterocycles. The molecular weight excluding hydrogens is 326 g/mol. The Balaban J connectivity index is 1.72. The second-order valence-corrected chi connectivity index (χ2v) is 6.07. The van der Waals surface area contributed by atoms with Gasteiger partial charge in [-0.15, -0.1) is 5.10 Å². The number of benzene rings is 2. The van der Waals surface area contributed by atoms with Crippen molar-refractivity contribution in [3.63, 3.8) is 0 Å². The van der Waals surface area contributed by atoms with Gasteiger partial charge < -0.3 is 10.1 Å². The van der Waals surface area contributed by atoms with Crippen molar-refractivity contribution in [3.8, 4) is 16.9 Å². The predicted molar refractivity (Wildman–Crippen MR) is 101 cm³/mol. The monoisotopic (exact) mass is 345 g/mol. The molecule has 4 rings (SSSR count). The van der Waals surface area contributed by atoms with Crippen LogP contribution < -0.4 is 10.1 Å². The molecule has 0 aliphatic rings. The Bertz CT molecular complexity index is 1040. The maximum Gasteiger partial charge on any atom is 0.184 e. The van der Waals surface area contributed by atoms with Gasteiger partial charge in [-0.1, -0.05) is 42.5 Å². The number of para-hydroxylation sites is 1. The molecule has 130 valence electrons. The lowest BCUT2D eigenvalue weighted by molar-refractivity contribution is 0.416. The summed E-state index contributed by atoms with van der Waals surface area (Å²) in [6, 6.07) is 18.3. The van der Waals surface area contributed by atoms with Crippen LogP contribution >= 0.6 is 0 Å². The molecule has 1 N–H and O–H groups in total. The van der Waals surface area contributed by atoms with Crippen LogP contribution in [0.4, 0.5) is 5.69 Å². The van der Waals surface area contributed by atoms with E-state index in [-0.39, 0.29) is 0 Å². The molecule has 26 heavy (non-hydrogen) atoms. The molecule has 0 radical (unpaired) electrons. The first kappa shape index (κ1) is 16.1. The average Bonchev–Trinajstić information content (AvgIpc) is 3.16. The van der Waals surface area contributed by atoms with Gasteiger partial charge in [-0.05, 0) is 40.6 Å². The van der Waals surface area contributed by atoms with E-state index in [9.17, 15) is 0 Å². The summed E-state index contributed by atoms with van der Waals surface area (Å²) in [5.41, 5.74) is 6.05. The fourth-order valence-corrected chi connectivity index (χ4v) is 3.05. The molecular formula is C20H19N5O. The van der Waals surface area contributed by atoms with Gasteiger partial charge in [0.15, 0.2) is 5.65 Å². The number of methoxy groups -OCH3 is 1. The fraction of sp³-hybridized carbons (Fsp3) is 0.150. The number of nitrogens with zero attached hydrogens (tertiary/aromatic N) is 4. The van der Waals surface area contributed by atoms with Crippen molar-refractivity contribution in [3.05, 3.63) is 71.9 Å². The molecule has 0 unspecified atom stereocenters. The third-order valence-electron chi connectivity index (χ3n) is 4.39. The number of anilines is 1. The van der Waals surface area contributed by atoms with E-state index in [1.54, 1.807) is 11.6 Å². The molecule has 2 aromatic carbocycles. The largest absolute Gasteiger partial charge is 0.495 e. The first-order valence-electron chi connectivity index (χ1n) is 8.40. The normalized spacial score (nSPS) is 10.8. The summed E-state index contributed by atoms with van der Waals surface area (Å²) >= 11 is 0. The van der Waals surface area contributed by atoms with Crippen LogP contribution in [-0.2, 0) is 6.54 Å². The highest BCUT2D eigenvalue weighted by Gasteiger charge is 2.11. The molecule has 0 aliphatic carbocycles. The first-order chi connectivity index (χ1) is 12.8. The number of aryl methyl sites for hydroxylation is 1. The van der Waals surface area contributed by atoms with E-state index >= 15 is 0 Å². The van der Waals surface area contributed by atoms with E-state index in [4.69, 9.17) is 4.74 Å². The van der Waals surface area contributed by atoms with E-state index in [0.29, 0.717) is 6.54 Å². The standard InChI is InChI=1S/C20H19N5O/c1-14-7-6-10-18(26-2)19(14)21-12-16-11-17(15-8-4-3-5-9-15)13-25-20(16)22-23-24-25/h3-11,13,21H,12H2,1-2H3. The van der Waals surface area contributed by atoms with E-state index in [2.05, 4.69) is 52.0 Å². The minimum Gasteiger partial charge on any atom is -0.495 e. The maximum atomic E-state index is 5.47. The van der Waals surface area contributed by atoms with Gasteiger partial charge in [0.05, 0.1) is 12.8 Å². The molecule has 0 aliphatic heterocycles. The second kappa shape index (κ2) is 6.84. The number of hydrogen-bond acceptors (Lipinski definition) is 5. The van der Waals surface area contributed by atoms with Crippen molar-refractivity contribution in [2.24, 2.45) is 0 Å². The van der Waals surface area contributed by atoms with Crippen LogP contribution in [0.1, 0.15) is 11.1 Å². The highest BCUT2D eigenvalue weighted by Crippen LogP contribution is 2.29. The van der Waals surface area contributed by atoms with Crippen LogP contribution in [0.15, 0.2) is 60.8 Å². The van der Waals surface area contributed by atoms with Gasteiger partial charge in [-0.3, -0.25) is 0 Å². The van der Waals surface area contributed by atoms with Gasteiger partial charge in [-0.25, -0.2) is 0 Å². The number of ether oxygens (including phenoxy) is 1. The highest BCUT2D eigenvalue weighted by molar-refractivity contribution is 5.68. The van der Waals surface area contributed by atoms with E-state index < -0.39 is 0 Å². The van der Waals surface area contributed by atoms with Crippen molar-refractivity contribution in [2.45, 2.75) is 13.5 Å². The van der Waals surface area contributed by atoms with Crippen LogP contribution in [0.5, 0.6) is 5.75 Å². The van der Waals surface area contributed by atoms with Gasteiger partial charge in [0.1, 0.15) is 5.75 Å². The molecule has 0 bridgehead atoms. The summed E-state index contributed by atoms with van der Waals surface area (Å²) in [6.45, 7) is 2.64. The Morgan fingerprint density at radius 1 is 1.04 bits per heavy atom. The number of tetrazole rings is 1. The predicted octanol–water partition coefficient (Wildman–Crippen LogP) is 3.72. The zero-order valence-electron chi connectivity index (χ0n) is 14.7. The summed E-state index contributed by atoms with van der Waals surface area (Å²) in [4.78, 5) is 0. The second-order valence-electron chi connectivity index (χ2n) is 6.07. The molecule has 0 saturated heterocycles. The molecule has 0 atom stereocenters. The summed E-state index contributed by atoms with van der Waals surface area (Å²) in [6.07, 6.45) is 1.95. The SMILES string of the molecule is COc1cccc(C)c1NCc1cc(-c2ccccc2)cn2nnnc12. The van der Waals surface area contributed by atoms with Gasteiger partial charge in [0.2, 0.25) is 0 Å². The maximum absolute atomic E-state index is 5.47. The lowest BCUT2D eigenvalue weighted by Gasteiger charge is -2.14. The van der Waals surface area contributed by atoms with Crippen LogP contribution in [0, 0.1) is 6.92 Å². The van der Waals surface area contributed by atoms with Crippen LogP contribution in [0.3, 0.4) is 0 Å². The first-order valence-corrected chi connectivity index (χ1v) is 8.40. The lowest BCUT2D eigenvalue weighted by atomic mass is 10.1.